The van der Waals surface area contributed by atoms with E-state index in [1.165, 1.54) is 5.56 Å². The fourth-order valence-electron chi connectivity index (χ4n) is 3.54. The van der Waals surface area contributed by atoms with E-state index >= 15 is 0 Å². The quantitative estimate of drug-likeness (QED) is 0.821. The molecule has 0 N–H and O–H groups in total. The van der Waals surface area contributed by atoms with Crippen LogP contribution in [0.5, 0.6) is 0 Å². The van der Waals surface area contributed by atoms with Crippen LogP contribution in [0.1, 0.15) is 37.2 Å². The monoisotopic (exact) mass is 284 g/mol. The Morgan fingerprint density at radius 2 is 1.62 bits per heavy atom. The molecule has 110 valence electrons. The van der Waals surface area contributed by atoms with Gasteiger partial charge in [0.15, 0.2) is 5.79 Å². The lowest BCUT2D eigenvalue weighted by molar-refractivity contribution is -0.178. The molecule has 3 heteroatoms. The molecule has 0 amide bonds. The second-order valence-corrected chi connectivity index (χ2v) is 5.98. The average Bonchev–Trinajstić information content (AvgIpc) is 3.21. The van der Waals surface area contributed by atoms with Crippen molar-refractivity contribution < 1.29 is 13.9 Å². The molecule has 2 aliphatic rings. The van der Waals surface area contributed by atoms with Gasteiger partial charge in [0.25, 0.3) is 0 Å². The maximum absolute atomic E-state index is 5.80. The minimum atomic E-state index is -0.259. The molecule has 2 fully saturated rings. The zero-order valence-corrected chi connectivity index (χ0v) is 12.1. The van der Waals surface area contributed by atoms with E-state index in [0.717, 1.165) is 50.2 Å². The number of ether oxygens (including phenoxy) is 2. The van der Waals surface area contributed by atoms with Gasteiger partial charge in [-0.2, -0.15) is 0 Å². The van der Waals surface area contributed by atoms with Crippen molar-refractivity contribution >= 4 is 0 Å². The summed E-state index contributed by atoms with van der Waals surface area (Å²) in [5.41, 5.74) is 2.55. The van der Waals surface area contributed by atoms with Crippen LogP contribution in [0.15, 0.2) is 47.1 Å². The Morgan fingerprint density at radius 3 is 2.24 bits per heavy atom. The lowest BCUT2D eigenvalue weighted by Gasteiger charge is -2.35. The largest absolute Gasteiger partial charge is 0.464 e. The zero-order chi connectivity index (χ0) is 14.1. The lowest BCUT2D eigenvalue weighted by Crippen LogP contribution is -2.34. The van der Waals surface area contributed by atoms with Crippen molar-refractivity contribution in [2.75, 3.05) is 13.2 Å². The normalized spacial score (nSPS) is 21.9. The van der Waals surface area contributed by atoms with Gasteiger partial charge in [-0.15, -0.1) is 0 Å². The van der Waals surface area contributed by atoms with Gasteiger partial charge in [0, 0.05) is 18.4 Å². The van der Waals surface area contributed by atoms with Crippen molar-refractivity contribution in [1.29, 1.82) is 0 Å². The second kappa shape index (κ2) is 5.32. The summed E-state index contributed by atoms with van der Waals surface area (Å²) in [6.07, 6.45) is 6.01. The molecule has 1 aliphatic carbocycles. The molecular weight excluding hydrogens is 264 g/mol. The highest BCUT2D eigenvalue weighted by Crippen LogP contribution is 2.42. The predicted octanol–water partition coefficient (Wildman–Crippen LogP) is 4.35. The number of hydrogen-bond acceptors (Lipinski definition) is 3. The number of rotatable bonds is 2. The van der Waals surface area contributed by atoms with Gasteiger partial charge in [0.2, 0.25) is 0 Å². The topological polar surface area (TPSA) is 31.6 Å². The van der Waals surface area contributed by atoms with Crippen LogP contribution in [0.25, 0.3) is 11.3 Å². The average molecular weight is 284 g/mol. The van der Waals surface area contributed by atoms with E-state index in [4.69, 9.17) is 13.9 Å². The molecular formula is C18H20O3. The summed E-state index contributed by atoms with van der Waals surface area (Å²) in [6, 6.07) is 12.7. The van der Waals surface area contributed by atoms with Crippen molar-refractivity contribution in [3.8, 4) is 11.3 Å². The van der Waals surface area contributed by atoms with E-state index in [-0.39, 0.29) is 5.79 Å². The maximum atomic E-state index is 5.80. The first-order valence-electron chi connectivity index (χ1n) is 7.76. The lowest BCUT2D eigenvalue weighted by atomic mass is 9.81. The maximum Gasteiger partial charge on any atom is 0.168 e. The summed E-state index contributed by atoms with van der Waals surface area (Å²) in [4.78, 5) is 0. The van der Waals surface area contributed by atoms with E-state index in [0.29, 0.717) is 5.92 Å². The highest BCUT2D eigenvalue weighted by atomic mass is 16.7. The van der Waals surface area contributed by atoms with E-state index in [2.05, 4.69) is 24.3 Å². The molecule has 1 saturated carbocycles. The Bertz CT molecular complexity index is 569. The third kappa shape index (κ3) is 2.52. The van der Waals surface area contributed by atoms with Crippen LogP contribution in [0, 0.1) is 0 Å². The Balaban J connectivity index is 1.45. The second-order valence-electron chi connectivity index (χ2n) is 5.98. The number of benzene rings is 1. The summed E-state index contributed by atoms with van der Waals surface area (Å²) in [5.74, 6) is 1.29. The van der Waals surface area contributed by atoms with E-state index in [1.54, 1.807) is 6.26 Å². The van der Waals surface area contributed by atoms with Gasteiger partial charge >= 0.3 is 0 Å². The molecule has 1 aromatic carbocycles. The molecule has 3 nitrogen and oxygen atoms in total. The highest BCUT2D eigenvalue weighted by molar-refractivity contribution is 5.57. The molecule has 2 aromatic rings. The third-order valence-corrected chi connectivity index (χ3v) is 4.75. The first kappa shape index (κ1) is 13.1. The Labute approximate surface area is 124 Å². The molecule has 21 heavy (non-hydrogen) atoms. The fourth-order valence-corrected chi connectivity index (χ4v) is 3.54. The van der Waals surface area contributed by atoms with Gasteiger partial charge in [-0.05, 0) is 36.5 Å². The van der Waals surface area contributed by atoms with Crippen LogP contribution in [-0.2, 0) is 9.47 Å². The minimum Gasteiger partial charge on any atom is -0.464 e. The van der Waals surface area contributed by atoms with Crippen LogP contribution >= 0.6 is 0 Å². The van der Waals surface area contributed by atoms with Crippen molar-refractivity contribution in [3.63, 3.8) is 0 Å². The van der Waals surface area contributed by atoms with Gasteiger partial charge in [-0.3, -0.25) is 0 Å². The summed E-state index contributed by atoms with van der Waals surface area (Å²) >= 11 is 0. The molecule has 0 radical (unpaired) electrons. The Hall–Kier alpha value is -1.58. The van der Waals surface area contributed by atoms with Gasteiger partial charge in [-0.1, -0.05) is 24.3 Å². The summed E-state index contributed by atoms with van der Waals surface area (Å²) in [5, 5.41) is 0. The third-order valence-electron chi connectivity index (χ3n) is 4.75. The molecule has 4 rings (SSSR count). The summed E-state index contributed by atoms with van der Waals surface area (Å²) in [6.45, 7) is 1.50. The summed E-state index contributed by atoms with van der Waals surface area (Å²) in [7, 11) is 0. The molecule has 1 spiro atoms. The highest BCUT2D eigenvalue weighted by Gasteiger charge is 2.40. The van der Waals surface area contributed by atoms with Gasteiger partial charge in [-0.25, -0.2) is 0 Å². The molecule has 1 aromatic heterocycles. The first-order valence-corrected chi connectivity index (χ1v) is 7.76. The SMILES string of the molecule is c1coc(-c2ccc(C3CCC4(CC3)OCCO4)cc2)c1. The first-order chi connectivity index (χ1) is 10.3. The van der Waals surface area contributed by atoms with Crippen LogP contribution in [-0.4, -0.2) is 19.0 Å². The number of hydrogen-bond donors (Lipinski definition) is 0. The van der Waals surface area contributed by atoms with Crippen LogP contribution in [0.4, 0.5) is 0 Å². The smallest absolute Gasteiger partial charge is 0.168 e. The molecule has 1 aliphatic heterocycles. The van der Waals surface area contributed by atoms with Crippen molar-refractivity contribution in [2.24, 2.45) is 0 Å². The van der Waals surface area contributed by atoms with E-state index < -0.39 is 0 Å². The minimum absolute atomic E-state index is 0.259. The van der Waals surface area contributed by atoms with Gasteiger partial charge in [0.05, 0.1) is 19.5 Å². The van der Waals surface area contributed by atoms with Crippen molar-refractivity contribution in [2.45, 2.75) is 37.4 Å². The Kier molecular flexibility index (Phi) is 3.32. The molecule has 0 atom stereocenters. The van der Waals surface area contributed by atoms with Crippen LogP contribution in [0.3, 0.4) is 0 Å². The van der Waals surface area contributed by atoms with Gasteiger partial charge in [0.1, 0.15) is 5.76 Å². The van der Waals surface area contributed by atoms with Crippen molar-refractivity contribution in [1.82, 2.24) is 0 Å². The van der Waals surface area contributed by atoms with Gasteiger partial charge < -0.3 is 13.9 Å². The molecule has 1 saturated heterocycles. The van der Waals surface area contributed by atoms with Crippen LogP contribution < -0.4 is 0 Å². The Morgan fingerprint density at radius 1 is 0.905 bits per heavy atom. The van der Waals surface area contributed by atoms with Crippen molar-refractivity contribution in [3.05, 3.63) is 48.2 Å². The summed E-state index contributed by atoms with van der Waals surface area (Å²) < 4.78 is 17.0. The van der Waals surface area contributed by atoms with E-state index in [9.17, 15) is 0 Å². The molecule has 2 heterocycles. The van der Waals surface area contributed by atoms with Crippen LogP contribution in [0.2, 0.25) is 0 Å². The fraction of sp³-hybridized carbons (Fsp3) is 0.444. The standard InChI is InChI=1S/C18H20O3/c1-2-17(19-11-1)16-5-3-14(4-6-16)15-7-9-18(10-8-15)20-12-13-21-18/h1-6,11,15H,7-10,12-13H2. The predicted molar refractivity (Wildman–Crippen MR) is 80.0 cm³/mol. The molecule has 0 unspecified atom stereocenters. The molecule has 0 bridgehead atoms. The van der Waals surface area contributed by atoms with E-state index in [1.807, 2.05) is 12.1 Å². The number of furan rings is 1. The zero-order valence-electron chi connectivity index (χ0n) is 12.1.